The summed E-state index contributed by atoms with van der Waals surface area (Å²) in [4.78, 5) is 39.7. The summed E-state index contributed by atoms with van der Waals surface area (Å²) in [5.41, 5.74) is 0.500. The number of amides is 1. The molecule has 2 bridgehead atoms. The summed E-state index contributed by atoms with van der Waals surface area (Å²) < 4.78 is 5.18. The molecule has 3 aliphatic carbocycles. The number of benzene rings is 1. The molecule has 0 unspecified atom stereocenters. The van der Waals surface area contributed by atoms with Gasteiger partial charge < -0.3 is 19.7 Å². The largest absolute Gasteiger partial charge is 0.469 e. The number of nitrogens with zero attached hydrogens (tertiary/aromatic N) is 1. The number of carbonyl (C=O) groups is 3. The first-order valence-electron chi connectivity index (χ1n) is 9.65. The predicted molar refractivity (Wildman–Crippen MR) is 98.1 cm³/mol. The molecule has 2 spiro atoms. The summed E-state index contributed by atoms with van der Waals surface area (Å²) in [6, 6.07) is 7.91. The first kappa shape index (κ1) is 16.8. The molecule has 0 aromatic heterocycles. The van der Waals surface area contributed by atoms with E-state index >= 15 is 0 Å². The van der Waals surface area contributed by atoms with Gasteiger partial charge in [-0.2, -0.15) is 0 Å². The van der Waals surface area contributed by atoms with Crippen LogP contribution in [0.15, 0.2) is 24.3 Å². The molecule has 6 rings (SSSR count). The molecule has 1 amide bonds. The molecule has 1 saturated heterocycles. The van der Waals surface area contributed by atoms with E-state index in [2.05, 4.69) is 11.4 Å². The summed E-state index contributed by atoms with van der Waals surface area (Å²) in [5, 5.41) is 3.71. The fraction of sp³-hybridized carbons (Fsp3) is 0.571. The number of carbonyl (C=O) groups excluding carboxylic acids is 3. The molecule has 6 heteroatoms. The van der Waals surface area contributed by atoms with E-state index in [9.17, 15) is 14.4 Å². The topological polar surface area (TPSA) is 75.7 Å². The van der Waals surface area contributed by atoms with Crippen LogP contribution in [0.5, 0.6) is 0 Å². The maximum atomic E-state index is 12.8. The van der Waals surface area contributed by atoms with Crippen LogP contribution in [0.25, 0.3) is 0 Å². The van der Waals surface area contributed by atoms with E-state index in [0.717, 1.165) is 30.4 Å². The van der Waals surface area contributed by atoms with Crippen molar-refractivity contribution in [1.82, 2.24) is 4.90 Å². The summed E-state index contributed by atoms with van der Waals surface area (Å²) in [6.07, 6.45) is 3.62. The quantitative estimate of drug-likeness (QED) is 0.637. The number of hydrogen-bond donors (Lipinski definition) is 1. The maximum absolute atomic E-state index is 12.8. The zero-order chi connectivity index (χ0) is 19.0. The number of hydrogen-bond acceptors (Lipinski definition) is 5. The summed E-state index contributed by atoms with van der Waals surface area (Å²) in [6.45, 7) is 2.19. The molecule has 0 radical (unpaired) electrons. The third-order valence-electron chi connectivity index (χ3n) is 7.92. The van der Waals surface area contributed by atoms with Crippen molar-refractivity contribution in [3.05, 3.63) is 29.8 Å². The minimum atomic E-state index is -0.706. The number of fused-ring (bicyclic) bond motifs is 3. The van der Waals surface area contributed by atoms with E-state index in [4.69, 9.17) is 4.74 Å². The van der Waals surface area contributed by atoms with Gasteiger partial charge in [-0.05, 0) is 37.3 Å². The van der Waals surface area contributed by atoms with E-state index in [1.54, 1.807) is 6.92 Å². The molecule has 1 aromatic carbocycles. The van der Waals surface area contributed by atoms with E-state index in [0.29, 0.717) is 19.4 Å². The lowest BCUT2D eigenvalue weighted by Gasteiger charge is -2.65. The van der Waals surface area contributed by atoms with Crippen molar-refractivity contribution < 1.29 is 19.1 Å². The SMILES string of the molecule is COC(=O)[C@@H]1C[C@]2(C=O)CC[C@]13Nc1ccccc1[C@@]31CCN(C(C)=O)[C@@H]21. The minimum absolute atomic E-state index is 0.000186. The Hall–Kier alpha value is -2.37. The Labute approximate surface area is 158 Å². The number of para-hydroxylation sites is 1. The molecular formula is C21H24N2O4. The summed E-state index contributed by atoms with van der Waals surface area (Å²) in [7, 11) is 1.41. The highest BCUT2D eigenvalue weighted by Gasteiger charge is 2.79. The monoisotopic (exact) mass is 368 g/mol. The normalized spacial score (nSPS) is 40.6. The first-order valence-corrected chi connectivity index (χ1v) is 9.65. The van der Waals surface area contributed by atoms with Gasteiger partial charge in [-0.3, -0.25) is 9.59 Å². The smallest absolute Gasteiger partial charge is 0.311 e. The Morgan fingerprint density at radius 3 is 2.74 bits per heavy atom. The van der Waals surface area contributed by atoms with Gasteiger partial charge in [0.05, 0.1) is 24.6 Å². The average molecular weight is 368 g/mol. The van der Waals surface area contributed by atoms with Crippen LogP contribution in [-0.4, -0.2) is 48.3 Å². The molecule has 1 N–H and O–H groups in total. The number of aldehydes is 1. The van der Waals surface area contributed by atoms with Crippen LogP contribution in [0, 0.1) is 11.3 Å². The van der Waals surface area contributed by atoms with Crippen molar-refractivity contribution in [2.24, 2.45) is 11.3 Å². The van der Waals surface area contributed by atoms with E-state index in [1.807, 2.05) is 23.1 Å². The second-order valence-corrected chi connectivity index (χ2v) is 8.61. The van der Waals surface area contributed by atoms with E-state index in [1.165, 1.54) is 7.11 Å². The van der Waals surface area contributed by atoms with Gasteiger partial charge in [-0.15, -0.1) is 0 Å². The molecule has 5 aliphatic rings. The Balaban J connectivity index is 1.82. The van der Waals surface area contributed by atoms with Gasteiger partial charge in [-0.25, -0.2) is 0 Å². The highest BCUT2D eigenvalue weighted by Crippen LogP contribution is 2.71. The van der Waals surface area contributed by atoms with Gasteiger partial charge in [0, 0.05) is 30.0 Å². The molecule has 142 valence electrons. The van der Waals surface area contributed by atoms with Crippen LogP contribution >= 0.6 is 0 Å². The molecule has 4 fully saturated rings. The lowest BCUT2D eigenvalue weighted by molar-refractivity contribution is -0.169. The Bertz CT molecular complexity index is 869. The van der Waals surface area contributed by atoms with E-state index in [-0.39, 0.29) is 17.9 Å². The number of esters is 1. The molecule has 5 atom stereocenters. The Morgan fingerprint density at radius 1 is 1.26 bits per heavy atom. The lowest BCUT2D eigenvalue weighted by atomic mass is 9.40. The van der Waals surface area contributed by atoms with Gasteiger partial charge in [0.25, 0.3) is 0 Å². The van der Waals surface area contributed by atoms with Crippen LogP contribution in [0.2, 0.25) is 0 Å². The van der Waals surface area contributed by atoms with Crippen molar-refractivity contribution in [3.63, 3.8) is 0 Å². The Morgan fingerprint density at radius 2 is 2.04 bits per heavy atom. The zero-order valence-electron chi connectivity index (χ0n) is 15.7. The number of rotatable bonds is 2. The van der Waals surface area contributed by atoms with Crippen LogP contribution in [0.1, 0.15) is 38.2 Å². The van der Waals surface area contributed by atoms with Gasteiger partial charge >= 0.3 is 5.97 Å². The highest BCUT2D eigenvalue weighted by molar-refractivity contribution is 5.85. The summed E-state index contributed by atoms with van der Waals surface area (Å²) >= 11 is 0. The Kier molecular flexibility index (Phi) is 3.18. The molecule has 3 saturated carbocycles. The molecule has 1 aromatic rings. The van der Waals surface area contributed by atoms with Gasteiger partial charge in [0.2, 0.25) is 5.91 Å². The third kappa shape index (κ3) is 1.66. The second-order valence-electron chi connectivity index (χ2n) is 8.61. The average Bonchev–Trinajstić information content (AvgIpc) is 3.24. The first-order chi connectivity index (χ1) is 13.0. The zero-order valence-corrected chi connectivity index (χ0v) is 15.7. The van der Waals surface area contributed by atoms with Crippen molar-refractivity contribution in [3.8, 4) is 0 Å². The molecule has 2 heterocycles. The number of ether oxygens (including phenoxy) is 1. The van der Waals surface area contributed by atoms with Crippen LogP contribution in [-0.2, 0) is 24.5 Å². The van der Waals surface area contributed by atoms with Gasteiger partial charge in [0.15, 0.2) is 0 Å². The van der Waals surface area contributed by atoms with Crippen LogP contribution in [0.4, 0.5) is 5.69 Å². The molecule has 27 heavy (non-hydrogen) atoms. The van der Waals surface area contributed by atoms with Crippen molar-refractivity contribution in [2.45, 2.75) is 49.6 Å². The minimum Gasteiger partial charge on any atom is -0.469 e. The third-order valence-corrected chi connectivity index (χ3v) is 7.92. The molecule has 2 aliphatic heterocycles. The second kappa shape index (κ2) is 5.12. The maximum Gasteiger partial charge on any atom is 0.311 e. The fourth-order valence-corrected chi connectivity index (χ4v) is 7.08. The van der Waals surface area contributed by atoms with Crippen molar-refractivity contribution in [2.75, 3.05) is 19.0 Å². The van der Waals surface area contributed by atoms with Crippen LogP contribution < -0.4 is 5.32 Å². The number of anilines is 1. The van der Waals surface area contributed by atoms with E-state index < -0.39 is 22.3 Å². The number of nitrogens with one attached hydrogen (secondary N) is 1. The molecular weight excluding hydrogens is 344 g/mol. The van der Waals surface area contributed by atoms with Crippen LogP contribution in [0.3, 0.4) is 0 Å². The van der Waals surface area contributed by atoms with Gasteiger partial charge in [-0.1, -0.05) is 18.2 Å². The van der Waals surface area contributed by atoms with Crippen molar-refractivity contribution in [1.29, 1.82) is 0 Å². The fourth-order valence-electron chi connectivity index (χ4n) is 7.08. The molecule has 6 nitrogen and oxygen atoms in total. The number of likely N-dealkylation sites (tertiary alicyclic amines) is 1. The number of methoxy groups -OCH3 is 1. The van der Waals surface area contributed by atoms with Crippen molar-refractivity contribution >= 4 is 23.9 Å². The summed E-state index contributed by atoms with van der Waals surface area (Å²) in [5.74, 6) is -0.669. The predicted octanol–water partition coefficient (Wildman–Crippen LogP) is 1.88. The highest BCUT2D eigenvalue weighted by atomic mass is 16.5. The standard InChI is InChI=1S/C21H24N2O4/c1-13(25)23-10-9-20-14-5-3-4-6-16(14)22-21(20)8-7-19(12-24,18(20)23)11-15(21)17(26)27-2/h3-6,12,15,18,22H,7-11H2,1-2H3/t15-,18-,19-,20+,21-/m0/s1. The lowest BCUT2D eigenvalue weighted by Crippen LogP contribution is -2.76. The van der Waals surface area contributed by atoms with Gasteiger partial charge in [0.1, 0.15) is 6.29 Å².